The van der Waals surface area contributed by atoms with Crippen molar-refractivity contribution in [2.75, 3.05) is 36.8 Å². The summed E-state index contributed by atoms with van der Waals surface area (Å²) in [7, 11) is 0. The smallest absolute Gasteiger partial charge is 0.261 e. The summed E-state index contributed by atoms with van der Waals surface area (Å²) < 4.78 is 13.5. The number of benzene rings is 2. The molecule has 4 N–H and O–H groups in total. The van der Waals surface area contributed by atoms with Gasteiger partial charge in [-0.05, 0) is 50.2 Å². The van der Waals surface area contributed by atoms with Crippen LogP contribution in [0, 0.1) is 5.82 Å². The van der Waals surface area contributed by atoms with Gasteiger partial charge in [-0.1, -0.05) is 0 Å². The lowest BCUT2D eigenvalue weighted by Crippen LogP contribution is -2.48. The van der Waals surface area contributed by atoms with Crippen LogP contribution in [0.3, 0.4) is 0 Å². The van der Waals surface area contributed by atoms with E-state index in [1.54, 1.807) is 6.07 Å². The first kappa shape index (κ1) is 19.6. The van der Waals surface area contributed by atoms with E-state index >= 15 is 0 Å². The highest BCUT2D eigenvalue weighted by Gasteiger charge is 2.20. The highest BCUT2D eigenvalue weighted by atomic mass is 19.1. The van der Waals surface area contributed by atoms with E-state index in [-0.39, 0.29) is 11.3 Å². The molecule has 0 atom stereocenters. The van der Waals surface area contributed by atoms with Crippen LogP contribution in [-0.4, -0.2) is 52.1 Å². The molecule has 1 aliphatic heterocycles. The third-order valence-corrected chi connectivity index (χ3v) is 6.13. The molecule has 4 aromatic rings. The van der Waals surface area contributed by atoms with Crippen LogP contribution < -0.4 is 16.2 Å². The Morgan fingerprint density at radius 3 is 2.55 bits per heavy atom. The average Bonchev–Trinajstić information content (AvgIpc) is 3.16. The van der Waals surface area contributed by atoms with Gasteiger partial charge in [0.05, 0.1) is 22.2 Å². The molecule has 160 valence electrons. The number of piperazine rings is 1. The van der Waals surface area contributed by atoms with Crippen LogP contribution in [0.4, 0.5) is 15.8 Å². The van der Waals surface area contributed by atoms with E-state index < -0.39 is 11.4 Å². The monoisotopic (exact) mass is 420 g/mol. The second-order valence-corrected chi connectivity index (χ2v) is 8.34. The number of aromatic nitrogens is 3. The highest BCUT2D eigenvalue weighted by Crippen LogP contribution is 2.30. The normalized spacial score (nSPS) is 15.4. The molecule has 0 aliphatic carbocycles. The van der Waals surface area contributed by atoms with Crippen molar-refractivity contribution in [3.8, 4) is 11.4 Å². The van der Waals surface area contributed by atoms with Crippen molar-refractivity contribution in [2.24, 2.45) is 0 Å². The number of nitrogens with two attached hydrogens (primary N) is 1. The zero-order chi connectivity index (χ0) is 21.7. The summed E-state index contributed by atoms with van der Waals surface area (Å²) in [4.78, 5) is 28.1. The van der Waals surface area contributed by atoms with E-state index in [1.807, 2.05) is 6.07 Å². The van der Waals surface area contributed by atoms with Gasteiger partial charge in [-0.3, -0.25) is 9.69 Å². The van der Waals surface area contributed by atoms with E-state index in [9.17, 15) is 9.18 Å². The van der Waals surface area contributed by atoms with Crippen molar-refractivity contribution in [2.45, 2.75) is 19.9 Å². The summed E-state index contributed by atoms with van der Waals surface area (Å²) in [6.45, 7) is 8.47. The molecular weight excluding hydrogens is 395 g/mol. The third kappa shape index (κ3) is 3.42. The summed E-state index contributed by atoms with van der Waals surface area (Å²) in [5, 5.41) is 0.583. The van der Waals surface area contributed by atoms with Gasteiger partial charge in [0.25, 0.3) is 5.56 Å². The number of pyridine rings is 1. The zero-order valence-corrected chi connectivity index (χ0v) is 17.6. The van der Waals surface area contributed by atoms with Gasteiger partial charge in [-0.2, -0.15) is 0 Å². The lowest BCUT2D eigenvalue weighted by atomic mass is 10.1. The van der Waals surface area contributed by atoms with Crippen molar-refractivity contribution in [3.05, 3.63) is 52.6 Å². The van der Waals surface area contributed by atoms with Crippen LogP contribution in [0.15, 0.2) is 41.2 Å². The van der Waals surface area contributed by atoms with E-state index in [2.05, 4.69) is 50.7 Å². The van der Waals surface area contributed by atoms with E-state index in [4.69, 9.17) is 5.73 Å². The van der Waals surface area contributed by atoms with E-state index in [0.29, 0.717) is 22.8 Å². The maximum absolute atomic E-state index is 13.5. The molecule has 0 bridgehead atoms. The van der Waals surface area contributed by atoms with Crippen LogP contribution in [0.25, 0.3) is 33.3 Å². The molecule has 2 aromatic carbocycles. The molecule has 1 aliphatic rings. The Morgan fingerprint density at radius 2 is 1.81 bits per heavy atom. The summed E-state index contributed by atoms with van der Waals surface area (Å²) in [6.07, 6.45) is 0. The number of fused-ring (bicyclic) bond motifs is 2. The Morgan fingerprint density at radius 1 is 1.03 bits per heavy atom. The van der Waals surface area contributed by atoms with Crippen molar-refractivity contribution in [1.29, 1.82) is 0 Å². The molecule has 0 amide bonds. The second-order valence-electron chi connectivity index (χ2n) is 8.34. The maximum Gasteiger partial charge on any atom is 0.261 e. The molecule has 0 radical (unpaired) electrons. The number of hydrogen-bond acceptors (Lipinski definition) is 5. The fourth-order valence-electron chi connectivity index (χ4n) is 4.34. The van der Waals surface area contributed by atoms with Crippen LogP contribution in [-0.2, 0) is 0 Å². The number of anilines is 2. The molecule has 7 nitrogen and oxygen atoms in total. The van der Waals surface area contributed by atoms with Crippen LogP contribution in [0.5, 0.6) is 0 Å². The molecular formula is C23H25FN6O. The predicted molar refractivity (Wildman–Crippen MR) is 123 cm³/mol. The fraction of sp³-hybridized carbons (Fsp3) is 0.304. The maximum atomic E-state index is 13.5. The van der Waals surface area contributed by atoms with Gasteiger partial charge in [-0.15, -0.1) is 0 Å². The lowest BCUT2D eigenvalue weighted by molar-refractivity contribution is 0.209. The molecule has 1 fully saturated rings. The van der Waals surface area contributed by atoms with Gasteiger partial charge in [0, 0.05) is 43.3 Å². The van der Waals surface area contributed by atoms with Gasteiger partial charge in [-0.25, -0.2) is 9.37 Å². The number of H-pyrrole nitrogens is 2. The molecule has 5 rings (SSSR count). The number of imidazole rings is 1. The topological polar surface area (TPSA) is 94.0 Å². The van der Waals surface area contributed by atoms with Crippen molar-refractivity contribution in [3.63, 3.8) is 0 Å². The number of nitrogen functional groups attached to an aromatic ring is 1. The number of aromatic amines is 2. The van der Waals surface area contributed by atoms with Gasteiger partial charge in [0.15, 0.2) is 0 Å². The second kappa shape index (κ2) is 7.39. The first-order valence-corrected chi connectivity index (χ1v) is 10.5. The molecule has 31 heavy (non-hydrogen) atoms. The Balaban J connectivity index is 1.51. The zero-order valence-electron chi connectivity index (χ0n) is 17.6. The van der Waals surface area contributed by atoms with Gasteiger partial charge < -0.3 is 20.6 Å². The fourth-order valence-corrected chi connectivity index (χ4v) is 4.34. The molecule has 2 aromatic heterocycles. The molecule has 1 saturated heterocycles. The Kier molecular flexibility index (Phi) is 4.66. The van der Waals surface area contributed by atoms with Crippen LogP contribution in [0.1, 0.15) is 13.8 Å². The van der Waals surface area contributed by atoms with Gasteiger partial charge in [0.2, 0.25) is 0 Å². The van der Waals surface area contributed by atoms with E-state index in [0.717, 1.165) is 42.9 Å². The van der Waals surface area contributed by atoms with Crippen molar-refractivity contribution in [1.82, 2.24) is 19.9 Å². The summed E-state index contributed by atoms with van der Waals surface area (Å²) in [5.41, 5.74) is 9.53. The SMILES string of the molecule is CC(C)N1CCN(c2ccc3nc(-c4c(N)c5ccc(F)cc5[nH]c4=O)[nH]c3c2)CC1. The predicted octanol–water partition coefficient (Wildman–Crippen LogP) is 3.32. The first-order valence-electron chi connectivity index (χ1n) is 10.5. The molecule has 0 unspecified atom stereocenters. The lowest BCUT2D eigenvalue weighted by Gasteiger charge is -2.38. The molecule has 0 saturated carbocycles. The minimum atomic E-state index is -0.430. The van der Waals surface area contributed by atoms with Crippen LogP contribution >= 0.6 is 0 Å². The standard InChI is InChI=1S/C23H25FN6O/c1-13(2)29-7-9-30(10-8-29)15-4-6-17-19(12-15)27-22(26-17)20-21(25)16-5-3-14(24)11-18(16)28-23(20)31/h3-6,11-13H,7-10H2,1-2H3,(H,26,27)(H3,25,28,31). The van der Waals surface area contributed by atoms with Gasteiger partial charge in [0.1, 0.15) is 17.2 Å². The summed E-state index contributed by atoms with van der Waals surface area (Å²) >= 11 is 0. The molecule has 3 heterocycles. The molecule has 0 spiro atoms. The largest absolute Gasteiger partial charge is 0.397 e. The quantitative estimate of drug-likeness (QED) is 0.473. The average molecular weight is 420 g/mol. The number of nitrogens with one attached hydrogen (secondary N) is 2. The third-order valence-electron chi connectivity index (χ3n) is 6.13. The van der Waals surface area contributed by atoms with E-state index in [1.165, 1.54) is 12.1 Å². The van der Waals surface area contributed by atoms with Crippen LogP contribution in [0.2, 0.25) is 0 Å². The van der Waals surface area contributed by atoms with Crippen molar-refractivity contribution >= 4 is 33.3 Å². The van der Waals surface area contributed by atoms with Crippen molar-refractivity contribution < 1.29 is 4.39 Å². The number of nitrogens with zero attached hydrogens (tertiary/aromatic N) is 3. The van der Waals surface area contributed by atoms with Gasteiger partial charge >= 0.3 is 0 Å². The Hall–Kier alpha value is -3.39. The number of hydrogen-bond donors (Lipinski definition) is 3. The number of rotatable bonds is 3. The number of halogens is 1. The summed E-state index contributed by atoms with van der Waals surface area (Å²) in [5.74, 6) is -0.0254. The minimum absolute atomic E-state index is 0.266. The first-order chi connectivity index (χ1) is 14.9. The Labute approximate surface area is 178 Å². The summed E-state index contributed by atoms with van der Waals surface area (Å²) in [6, 6.07) is 10.8. The highest BCUT2D eigenvalue weighted by molar-refractivity contribution is 5.97. The minimum Gasteiger partial charge on any atom is -0.397 e. The molecule has 8 heteroatoms. The Bertz CT molecular complexity index is 1330.